The van der Waals surface area contributed by atoms with Gasteiger partial charge in [0.25, 0.3) is 0 Å². The van der Waals surface area contributed by atoms with E-state index in [1.165, 1.54) is 30.5 Å². The minimum absolute atomic E-state index is 0.0511. The van der Waals surface area contributed by atoms with Gasteiger partial charge in [-0.1, -0.05) is 0 Å². The zero-order valence-electron chi connectivity index (χ0n) is 11.1. The molecule has 1 aromatic heterocycles. The molecule has 1 aromatic carbocycles. The van der Waals surface area contributed by atoms with Crippen LogP contribution in [0.25, 0.3) is 0 Å². The van der Waals surface area contributed by atoms with Gasteiger partial charge >= 0.3 is 0 Å². The van der Waals surface area contributed by atoms with Crippen molar-refractivity contribution in [3.05, 3.63) is 34.8 Å². The summed E-state index contributed by atoms with van der Waals surface area (Å²) in [6.45, 7) is 1.94. The van der Waals surface area contributed by atoms with Gasteiger partial charge in [-0.2, -0.15) is 0 Å². The number of benzene rings is 1. The molecule has 108 valence electrons. The average molecular weight is 312 g/mol. The fraction of sp³-hybridized carbons (Fsp3) is 0.250. The Morgan fingerprint density at radius 1 is 1.40 bits per heavy atom. The quantitative estimate of drug-likeness (QED) is 0.732. The van der Waals surface area contributed by atoms with Crippen LogP contribution in [0.1, 0.15) is 18.0 Å². The van der Waals surface area contributed by atoms with E-state index in [1.54, 1.807) is 12.3 Å². The van der Waals surface area contributed by atoms with Gasteiger partial charge in [0.1, 0.15) is 5.01 Å². The third-order valence-corrected chi connectivity index (χ3v) is 5.17. The van der Waals surface area contributed by atoms with Crippen molar-refractivity contribution in [3.63, 3.8) is 0 Å². The molecular formula is C12H16N4O2S2. The minimum atomic E-state index is -3.49. The van der Waals surface area contributed by atoms with Crippen LogP contribution in [0.3, 0.4) is 0 Å². The molecule has 8 heteroatoms. The Morgan fingerprint density at radius 2 is 2.15 bits per heavy atom. The summed E-state index contributed by atoms with van der Waals surface area (Å²) in [5.41, 5.74) is 6.94. The Bertz CT molecular complexity index is 683. The molecule has 0 saturated heterocycles. The molecule has 0 bridgehead atoms. The number of thiazole rings is 1. The predicted octanol–water partition coefficient (Wildman–Crippen LogP) is 1.81. The van der Waals surface area contributed by atoms with Gasteiger partial charge in [-0.15, -0.1) is 11.3 Å². The first kappa shape index (κ1) is 14.8. The molecule has 0 aliphatic carbocycles. The molecule has 4 N–H and O–H groups in total. The number of rotatable bonds is 5. The van der Waals surface area contributed by atoms with Gasteiger partial charge < -0.3 is 11.1 Å². The van der Waals surface area contributed by atoms with Gasteiger partial charge in [0.15, 0.2) is 0 Å². The molecule has 0 aliphatic rings. The van der Waals surface area contributed by atoms with E-state index < -0.39 is 10.0 Å². The minimum Gasteiger partial charge on any atom is -0.397 e. The van der Waals surface area contributed by atoms with Crippen LogP contribution in [-0.2, 0) is 10.0 Å². The lowest BCUT2D eigenvalue weighted by atomic mass is 10.2. The molecule has 0 saturated carbocycles. The zero-order chi connectivity index (χ0) is 14.8. The fourth-order valence-corrected chi connectivity index (χ4v) is 3.09. The molecule has 20 heavy (non-hydrogen) atoms. The largest absolute Gasteiger partial charge is 0.397 e. The molecule has 1 atom stereocenters. The summed E-state index contributed by atoms with van der Waals surface area (Å²) in [6, 6.07) is 4.51. The highest BCUT2D eigenvalue weighted by molar-refractivity contribution is 7.89. The second-order valence-electron chi connectivity index (χ2n) is 4.19. The van der Waals surface area contributed by atoms with Crippen LogP contribution in [0.2, 0.25) is 0 Å². The third-order valence-electron chi connectivity index (χ3n) is 2.80. The standard InChI is InChI=1S/C12H16N4O2S2/c1-8(12-15-5-6-19-12)16-11-7-9(3-4-10(11)13)20(17,18)14-2/h3-8,14,16H,13H2,1-2H3. The van der Waals surface area contributed by atoms with Crippen molar-refractivity contribution in [2.75, 3.05) is 18.1 Å². The van der Waals surface area contributed by atoms with Crippen molar-refractivity contribution >= 4 is 32.7 Å². The topological polar surface area (TPSA) is 97.1 Å². The van der Waals surface area contributed by atoms with Crippen molar-refractivity contribution in [3.8, 4) is 0 Å². The summed E-state index contributed by atoms with van der Waals surface area (Å²) in [6.07, 6.45) is 1.73. The smallest absolute Gasteiger partial charge is 0.240 e. The van der Waals surface area contributed by atoms with Crippen LogP contribution >= 0.6 is 11.3 Å². The van der Waals surface area contributed by atoms with Crippen molar-refractivity contribution in [2.24, 2.45) is 0 Å². The summed E-state index contributed by atoms with van der Waals surface area (Å²) in [5.74, 6) is 0. The number of aromatic nitrogens is 1. The number of sulfonamides is 1. The molecule has 1 unspecified atom stereocenters. The van der Waals surface area contributed by atoms with E-state index in [2.05, 4.69) is 15.0 Å². The van der Waals surface area contributed by atoms with E-state index in [0.29, 0.717) is 11.4 Å². The summed E-state index contributed by atoms with van der Waals surface area (Å²) in [4.78, 5) is 4.38. The third kappa shape index (κ3) is 3.09. The van der Waals surface area contributed by atoms with Crippen LogP contribution in [-0.4, -0.2) is 20.4 Å². The molecule has 0 fully saturated rings. The molecule has 0 amide bonds. The van der Waals surface area contributed by atoms with E-state index in [1.807, 2.05) is 12.3 Å². The molecule has 0 aliphatic heterocycles. The summed E-state index contributed by atoms with van der Waals surface area (Å²) < 4.78 is 25.9. The Balaban J connectivity index is 2.30. The SMILES string of the molecule is CNS(=O)(=O)c1ccc(N)c(NC(C)c2nccs2)c1. The fourth-order valence-electron chi connectivity index (χ4n) is 1.69. The number of nitrogen functional groups attached to an aromatic ring is 1. The maximum absolute atomic E-state index is 11.8. The summed E-state index contributed by atoms with van der Waals surface area (Å²) >= 11 is 1.53. The predicted molar refractivity (Wildman–Crippen MR) is 81.3 cm³/mol. The average Bonchev–Trinajstić information content (AvgIpc) is 2.95. The first-order valence-electron chi connectivity index (χ1n) is 5.93. The maximum atomic E-state index is 11.8. The van der Waals surface area contributed by atoms with Crippen molar-refractivity contribution in [1.82, 2.24) is 9.71 Å². The normalized spacial score (nSPS) is 13.1. The van der Waals surface area contributed by atoms with Crippen LogP contribution in [0.4, 0.5) is 11.4 Å². The molecule has 0 radical (unpaired) electrons. The van der Waals surface area contributed by atoms with Gasteiger partial charge in [-0.3, -0.25) is 0 Å². The van der Waals surface area contributed by atoms with Gasteiger partial charge in [0.05, 0.1) is 22.3 Å². The van der Waals surface area contributed by atoms with Crippen LogP contribution < -0.4 is 15.8 Å². The molecule has 1 heterocycles. The Labute approximate surface area is 122 Å². The van der Waals surface area contributed by atoms with E-state index in [-0.39, 0.29) is 10.9 Å². The van der Waals surface area contributed by atoms with Gasteiger partial charge in [-0.25, -0.2) is 18.1 Å². The maximum Gasteiger partial charge on any atom is 0.240 e. The Kier molecular flexibility index (Phi) is 4.26. The van der Waals surface area contributed by atoms with Crippen LogP contribution in [0.15, 0.2) is 34.7 Å². The van der Waals surface area contributed by atoms with Crippen LogP contribution in [0, 0.1) is 0 Å². The lowest BCUT2D eigenvalue weighted by molar-refractivity contribution is 0.588. The van der Waals surface area contributed by atoms with Gasteiger partial charge in [-0.05, 0) is 32.2 Å². The lowest BCUT2D eigenvalue weighted by Gasteiger charge is -2.15. The second kappa shape index (κ2) is 5.78. The summed E-state index contributed by atoms with van der Waals surface area (Å²) in [7, 11) is -2.11. The molecule has 2 rings (SSSR count). The Hall–Kier alpha value is -1.64. The highest BCUT2D eigenvalue weighted by Gasteiger charge is 2.15. The van der Waals surface area contributed by atoms with E-state index in [4.69, 9.17) is 5.73 Å². The molecule has 0 spiro atoms. The number of nitrogens with one attached hydrogen (secondary N) is 2. The zero-order valence-corrected chi connectivity index (χ0v) is 12.8. The Morgan fingerprint density at radius 3 is 2.75 bits per heavy atom. The molecule has 2 aromatic rings. The van der Waals surface area contributed by atoms with Crippen molar-refractivity contribution < 1.29 is 8.42 Å². The number of hydrogen-bond acceptors (Lipinski definition) is 6. The van der Waals surface area contributed by atoms with Crippen molar-refractivity contribution in [2.45, 2.75) is 17.9 Å². The van der Waals surface area contributed by atoms with E-state index in [9.17, 15) is 8.42 Å². The lowest BCUT2D eigenvalue weighted by Crippen LogP contribution is -2.19. The number of nitrogens with two attached hydrogens (primary N) is 1. The van der Waals surface area contributed by atoms with E-state index >= 15 is 0 Å². The number of anilines is 2. The van der Waals surface area contributed by atoms with Crippen molar-refractivity contribution in [1.29, 1.82) is 0 Å². The second-order valence-corrected chi connectivity index (χ2v) is 7.01. The monoisotopic (exact) mass is 312 g/mol. The molecule has 6 nitrogen and oxygen atoms in total. The van der Waals surface area contributed by atoms with Gasteiger partial charge in [0.2, 0.25) is 10.0 Å². The van der Waals surface area contributed by atoms with Crippen LogP contribution in [0.5, 0.6) is 0 Å². The van der Waals surface area contributed by atoms with E-state index in [0.717, 1.165) is 5.01 Å². The number of nitrogens with zero attached hydrogens (tertiary/aromatic N) is 1. The summed E-state index contributed by atoms with van der Waals surface area (Å²) in [5, 5.41) is 5.98. The first-order valence-corrected chi connectivity index (χ1v) is 8.29. The first-order chi connectivity index (χ1) is 9.44. The van der Waals surface area contributed by atoms with Gasteiger partial charge in [0, 0.05) is 11.6 Å². The molecular weight excluding hydrogens is 296 g/mol. The highest BCUT2D eigenvalue weighted by Crippen LogP contribution is 2.27. The highest BCUT2D eigenvalue weighted by atomic mass is 32.2. The number of hydrogen-bond donors (Lipinski definition) is 3.